The van der Waals surface area contributed by atoms with Crippen molar-refractivity contribution in [1.29, 1.82) is 0 Å². The maximum atomic E-state index is 12.9. The molecule has 0 atom stereocenters. The molecule has 0 spiro atoms. The molecule has 2 aromatic carbocycles. The Labute approximate surface area is 224 Å². The molecule has 0 unspecified atom stereocenters. The van der Waals surface area contributed by atoms with E-state index in [-0.39, 0.29) is 35.5 Å². The van der Waals surface area contributed by atoms with Gasteiger partial charge in [0.1, 0.15) is 6.61 Å². The standard InChI is InChI=1S/C26H28ClN3O5S2/c1-3-13-35-26(32)28-25-29(2)17-23(36-25)18-8-11-30(12-9-18)24(31)10-14-37(33,34)22-7-5-19-15-21(27)6-4-20(19)16-22/h3-7,15-18H,1,8-14H2,2H3. The van der Waals surface area contributed by atoms with Gasteiger partial charge in [0, 0.05) is 42.7 Å². The number of piperidine rings is 1. The van der Waals surface area contributed by atoms with Gasteiger partial charge in [0.25, 0.3) is 0 Å². The summed E-state index contributed by atoms with van der Waals surface area (Å²) < 4.78 is 32.5. The summed E-state index contributed by atoms with van der Waals surface area (Å²) >= 11 is 7.44. The number of fused-ring (bicyclic) bond motifs is 1. The Morgan fingerprint density at radius 1 is 1.19 bits per heavy atom. The summed E-state index contributed by atoms with van der Waals surface area (Å²) in [5.41, 5.74) is 0. The summed E-state index contributed by atoms with van der Waals surface area (Å²) in [6.45, 7) is 4.72. The first-order valence-corrected chi connectivity index (χ1v) is 14.7. The van der Waals surface area contributed by atoms with Gasteiger partial charge in [-0.2, -0.15) is 0 Å². The molecule has 0 bridgehead atoms. The van der Waals surface area contributed by atoms with E-state index in [4.69, 9.17) is 16.3 Å². The molecule has 0 saturated carbocycles. The molecule has 1 fully saturated rings. The molecule has 2 heterocycles. The lowest BCUT2D eigenvalue weighted by atomic mass is 9.95. The fourth-order valence-electron chi connectivity index (χ4n) is 4.28. The van der Waals surface area contributed by atoms with Crippen LogP contribution in [0.25, 0.3) is 10.8 Å². The van der Waals surface area contributed by atoms with Crippen LogP contribution in [0.4, 0.5) is 4.79 Å². The zero-order valence-electron chi connectivity index (χ0n) is 20.4. The van der Waals surface area contributed by atoms with Gasteiger partial charge >= 0.3 is 6.09 Å². The second-order valence-corrected chi connectivity index (χ2v) is 12.5. The number of aryl methyl sites for hydroxylation is 1. The molecular weight excluding hydrogens is 534 g/mol. The molecule has 37 heavy (non-hydrogen) atoms. The fraction of sp³-hybridized carbons (Fsp3) is 0.346. The number of benzene rings is 2. The number of hydrogen-bond donors (Lipinski definition) is 0. The number of thiazole rings is 1. The molecule has 11 heteroatoms. The Hall–Kier alpha value is -2.95. The van der Waals surface area contributed by atoms with E-state index in [1.807, 2.05) is 13.2 Å². The summed E-state index contributed by atoms with van der Waals surface area (Å²) in [6, 6.07) is 10.2. The van der Waals surface area contributed by atoms with Gasteiger partial charge in [-0.3, -0.25) is 4.79 Å². The number of carbonyl (C=O) groups is 2. The summed E-state index contributed by atoms with van der Waals surface area (Å²) in [7, 11) is -1.78. The fourth-order valence-corrected chi connectivity index (χ4v) is 6.86. The van der Waals surface area contributed by atoms with Gasteiger partial charge in [0.2, 0.25) is 5.91 Å². The number of likely N-dealkylation sites (tertiary alicyclic amines) is 1. The highest BCUT2D eigenvalue weighted by Gasteiger charge is 2.26. The molecule has 8 nitrogen and oxygen atoms in total. The third-order valence-corrected chi connectivity index (χ3v) is 9.50. The van der Waals surface area contributed by atoms with E-state index in [2.05, 4.69) is 11.6 Å². The molecule has 2 amide bonds. The van der Waals surface area contributed by atoms with Crippen LogP contribution in [0.5, 0.6) is 0 Å². The number of amides is 2. The first-order chi connectivity index (χ1) is 17.7. The third-order valence-electron chi connectivity index (χ3n) is 6.31. The molecule has 3 aromatic rings. The minimum atomic E-state index is -3.60. The van der Waals surface area contributed by atoms with Crippen LogP contribution in [0, 0.1) is 0 Å². The molecule has 1 saturated heterocycles. The second-order valence-electron chi connectivity index (χ2n) is 8.88. The number of aromatic nitrogens is 1. The monoisotopic (exact) mass is 561 g/mol. The summed E-state index contributed by atoms with van der Waals surface area (Å²) in [6.07, 6.45) is 4.23. The Kier molecular flexibility index (Phi) is 8.51. The van der Waals surface area contributed by atoms with E-state index >= 15 is 0 Å². The van der Waals surface area contributed by atoms with Crippen molar-refractivity contribution in [3.05, 3.63) is 70.0 Å². The van der Waals surface area contributed by atoms with Gasteiger partial charge in [-0.1, -0.05) is 36.4 Å². The number of halogens is 1. The molecule has 1 aromatic heterocycles. The molecule has 0 aliphatic carbocycles. The van der Waals surface area contributed by atoms with Gasteiger partial charge in [0.05, 0.1) is 10.6 Å². The third kappa shape index (κ3) is 6.68. The Morgan fingerprint density at radius 3 is 2.62 bits per heavy atom. The van der Waals surface area contributed by atoms with Gasteiger partial charge in [0.15, 0.2) is 14.6 Å². The van der Waals surface area contributed by atoms with Crippen LogP contribution in [0.15, 0.2) is 65.1 Å². The predicted octanol–water partition coefficient (Wildman–Crippen LogP) is 4.69. The second kappa shape index (κ2) is 11.6. The highest BCUT2D eigenvalue weighted by molar-refractivity contribution is 7.91. The Balaban J connectivity index is 1.33. The molecule has 4 rings (SSSR count). The number of carbonyl (C=O) groups excluding carboxylic acids is 2. The molecule has 0 radical (unpaired) electrons. The zero-order valence-corrected chi connectivity index (χ0v) is 22.8. The van der Waals surface area contributed by atoms with Crippen LogP contribution in [-0.2, 0) is 26.4 Å². The number of ether oxygens (including phenoxy) is 1. The maximum Gasteiger partial charge on any atom is 0.436 e. The van der Waals surface area contributed by atoms with Crippen molar-refractivity contribution in [3.63, 3.8) is 0 Å². The van der Waals surface area contributed by atoms with Gasteiger partial charge in [-0.25, -0.2) is 13.2 Å². The van der Waals surface area contributed by atoms with E-state index in [0.29, 0.717) is 22.9 Å². The van der Waals surface area contributed by atoms with Crippen molar-refractivity contribution >= 4 is 55.5 Å². The zero-order chi connectivity index (χ0) is 26.6. The molecule has 1 aliphatic rings. The lowest BCUT2D eigenvalue weighted by Crippen LogP contribution is -2.38. The van der Waals surface area contributed by atoms with Crippen LogP contribution in [0.2, 0.25) is 5.02 Å². The lowest BCUT2D eigenvalue weighted by molar-refractivity contribution is -0.131. The summed E-state index contributed by atoms with van der Waals surface area (Å²) in [5.74, 6) is -0.159. The van der Waals surface area contributed by atoms with Crippen molar-refractivity contribution in [1.82, 2.24) is 9.47 Å². The average Bonchev–Trinajstić information content (AvgIpc) is 3.25. The van der Waals surface area contributed by atoms with Gasteiger partial charge in [-0.15, -0.1) is 16.3 Å². The predicted molar refractivity (Wildman–Crippen MR) is 145 cm³/mol. The van der Waals surface area contributed by atoms with Crippen LogP contribution in [-0.4, -0.2) is 55.3 Å². The lowest BCUT2D eigenvalue weighted by Gasteiger charge is -2.31. The van der Waals surface area contributed by atoms with Crippen molar-refractivity contribution < 1.29 is 22.7 Å². The number of hydrogen-bond acceptors (Lipinski definition) is 6. The quantitative estimate of drug-likeness (QED) is 0.390. The highest BCUT2D eigenvalue weighted by atomic mass is 35.5. The van der Waals surface area contributed by atoms with Crippen LogP contribution in [0.1, 0.15) is 30.1 Å². The number of sulfone groups is 1. The van der Waals surface area contributed by atoms with E-state index in [0.717, 1.165) is 28.5 Å². The topological polar surface area (TPSA) is 98.0 Å². The smallest absolute Gasteiger partial charge is 0.436 e. The van der Waals surface area contributed by atoms with Gasteiger partial charge < -0.3 is 14.2 Å². The Morgan fingerprint density at radius 2 is 1.89 bits per heavy atom. The van der Waals surface area contributed by atoms with E-state index in [1.54, 1.807) is 45.9 Å². The average molecular weight is 562 g/mol. The van der Waals surface area contributed by atoms with Crippen molar-refractivity contribution in [2.45, 2.75) is 30.1 Å². The van der Waals surface area contributed by atoms with Crippen molar-refractivity contribution in [2.75, 3.05) is 25.4 Å². The maximum absolute atomic E-state index is 12.9. The van der Waals surface area contributed by atoms with Crippen LogP contribution in [0.3, 0.4) is 0 Å². The van der Waals surface area contributed by atoms with Crippen LogP contribution >= 0.6 is 22.9 Å². The largest absolute Gasteiger partial charge is 0.444 e. The number of nitrogens with zero attached hydrogens (tertiary/aromatic N) is 3. The highest BCUT2D eigenvalue weighted by Crippen LogP contribution is 2.30. The summed E-state index contributed by atoms with van der Waals surface area (Å²) in [5, 5.41) is 2.23. The number of rotatable bonds is 7. The molecular formula is C26H28ClN3O5S2. The SMILES string of the molecule is C=CCOC(=O)N=c1sc(C2CCN(C(=O)CCS(=O)(=O)c3ccc4cc(Cl)ccc4c3)CC2)cn1C. The first-order valence-electron chi connectivity index (χ1n) is 11.8. The summed E-state index contributed by atoms with van der Waals surface area (Å²) in [4.78, 5) is 32.2. The Bertz CT molecular complexity index is 1500. The van der Waals surface area contributed by atoms with E-state index in [9.17, 15) is 18.0 Å². The van der Waals surface area contributed by atoms with E-state index < -0.39 is 15.9 Å². The van der Waals surface area contributed by atoms with E-state index in [1.165, 1.54) is 17.4 Å². The molecule has 1 aliphatic heterocycles. The van der Waals surface area contributed by atoms with Gasteiger partial charge in [-0.05, 0) is 53.8 Å². The molecule has 0 N–H and O–H groups in total. The minimum Gasteiger partial charge on any atom is -0.444 e. The first kappa shape index (κ1) is 27.1. The molecule has 196 valence electrons. The van der Waals surface area contributed by atoms with Crippen LogP contribution < -0.4 is 4.80 Å². The minimum absolute atomic E-state index is 0.0601. The van der Waals surface area contributed by atoms with Crippen molar-refractivity contribution in [2.24, 2.45) is 12.0 Å². The van der Waals surface area contributed by atoms with Crippen molar-refractivity contribution in [3.8, 4) is 0 Å². The normalized spacial score (nSPS) is 15.2.